The van der Waals surface area contributed by atoms with Crippen molar-refractivity contribution in [3.63, 3.8) is 0 Å². The maximum Gasteiger partial charge on any atom is 0.416 e. The highest BCUT2D eigenvalue weighted by molar-refractivity contribution is 7.99. The molecule has 3 aromatic rings. The first kappa shape index (κ1) is 27.5. The highest BCUT2D eigenvalue weighted by Gasteiger charge is 2.30. The van der Waals surface area contributed by atoms with Crippen molar-refractivity contribution in [2.45, 2.75) is 68.9 Å². The summed E-state index contributed by atoms with van der Waals surface area (Å²) in [7, 11) is 0. The van der Waals surface area contributed by atoms with E-state index < -0.39 is 11.7 Å². The second kappa shape index (κ2) is 13.3. The van der Waals surface area contributed by atoms with Crippen molar-refractivity contribution in [1.29, 1.82) is 0 Å². The Morgan fingerprint density at radius 3 is 2.73 bits per heavy atom. The van der Waals surface area contributed by atoms with Gasteiger partial charge in [-0.1, -0.05) is 18.9 Å². The van der Waals surface area contributed by atoms with Gasteiger partial charge in [0.15, 0.2) is 6.29 Å². The Morgan fingerprint density at radius 2 is 1.95 bits per heavy atom. The molecule has 0 bridgehead atoms. The van der Waals surface area contributed by atoms with E-state index in [0.717, 1.165) is 73.1 Å². The van der Waals surface area contributed by atoms with Crippen LogP contribution < -0.4 is 10.2 Å². The fourth-order valence-electron chi connectivity index (χ4n) is 3.98. The van der Waals surface area contributed by atoms with Crippen LogP contribution >= 0.6 is 11.8 Å². The molecule has 0 radical (unpaired) electrons. The molecule has 0 amide bonds. The molecule has 1 saturated heterocycles. The van der Waals surface area contributed by atoms with Crippen molar-refractivity contribution in [3.8, 4) is 5.75 Å². The van der Waals surface area contributed by atoms with Crippen molar-refractivity contribution >= 4 is 22.7 Å². The number of thioether (sulfide) groups is 1. The molecular formula is C27H30F3NO5S. The summed E-state index contributed by atoms with van der Waals surface area (Å²) in [6.07, 6.45) is 4.87. The number of hydrogen-bond donors (Lipinski definition) is 0. The van der Waals surface area contributed by atoms with E-state index in [4.69, 9.17) is 18.6 Å². The van der Waals surface area contributed by atoms with Gasteiger partial charge in [-0.05, 0) is 56.1 Å². The highest BCUT2D eigenvalue weighted by atomic mass is 32.2. The summed E-state index contributed by atoms with van der Waals surface area (Å²) in [4.78, 5) is 17.3. The number of fused-ring (bicyclic) bond motifs is 1. The lowest BCUT2D eigenvalue weighted by Crippen LogP contribution is -2.22. The number of benzene rings is 1. The molecule has 6 nitrogen and oxygen atoms in total. The van der Waals surface area contributed by atoms with Crippen molar-refractivity contribution < 1.29 is 31.8 Å². The lowest BCUT2D eigenvalue weighted by atomic mass is 10.1. The van der Waals surface area contributed by atoms with Crippen LogP contribution in [0.5, 0.6) is 5.75 Å². The molecule has 0 saturated carbocycles. The zero-order valence-electron chi connectivity index (χ0n) is 20.4. The molecule has 3 heterocycles. The van der Waals surface area contributed by atoms with Crippen LogP contribution in [0.2, 0.25) is 0 Å². The minimum absolute atomic E-state index is 0.183. The third-order valence-corrected chi connectivity index (χ3v) is 7.15. The van der Waals surface area contributed by atoms with Gasteiger partial charge in [0.05, 0.1) is 17.7 Å². The van der Waals surface area contributed by atoms with E-state index in [0.29, 0.717) is 24.5 Å². The summed E-state index contributed by atoms with van der Waals surface area (Å²) in [5.41, 5.74) is -0.581. The van der Waals surface area contributed by atoms with Crippen LogP contribution in [0, 0.1) is 0 Å². The van der Waals surface area contributed by atoms with Gasteiger partial charge in [0.2, 0.25) is 11.2 Å². The molecule has 1 unspecified atom stereocenters. The zero-order valence-corrected chi connectivity index (χ0v) is 21.2. The summed E-state index contributed by atoms with van der Waals surface area (Å²) in [5, 5.41) is 0.729. The molecule has 1 aromatic carbocycles. The summed E-state index contributed by atoms with van der Waals surface area (Å²) >= 11 is 1.62. The van der Waals surface area contributed by atoms with E-state index in [1.54, 1.807) is 18.0 Å². The number of hydrogen-bond acceptors (Lipinski definition) is 7. The highest BCUT2D eigenvalue weighted by Crippen LogP contribution is 2.34. The molecule has 37 heavy (non-hydrogen) atoms. The Balaban J connectivity index is 1.12. The number of nitrogens with zero attached hydrogens (tertiary/aromatic N) is 1. The SMILES string of the molecule is O=c1cc(COC2CCCCO2)occ1OCCCCCCSc1ccnc2cc(C(F)(F)F)ccc12. The largest absolute Gasteiger partial charge is 0.487 e. The molecule has 1 fully saturated rings. The first-order valence-corrected chi connectivity index (χ1v) is 13.5. The van der Waals surface area contributed by atoms with Gasteiger partial charge in [-0.3, -0.25) is 9.78 Å². The van der Waals surface area contributed by atoms with E-state index in [-0.39, 0.29) is 24.1 Å². The number of aromatic nitrogens is 1. The number of alkyl halides is 3. The minimum atomic E-state index is -4.38. The van der Waals surface area contributed by atoms with E-state index in [1.165, 1.54) is 18.4 Å². The summed E-state index contributed by atoms with van der Waals surface area (Å²) in [6.45, 7) is 1.29. The van der Waals surface area contributed by atoms with Gasteiger partial charge in [0.1, 0.15) is 18.6 Å². The fourth-order valence-corrected chi connectivity index (χ4v) is 5.04. The third kappa shape index (κ3) is 8.21. The maximum atomic E-state index is 12.9. The predicted octanol–water partition coefficient (Wildman–Crippen LogP) is 6.98. The Labute approximate surface area is 217 Å². The molecule has 1 aliphatic heterocycles. The van der Waals surface area contributed by atoms with Crippen LogP contribution in [0.25, 0.3) is 10.9 Å². The van der Waals surface area contributed by atoms with Crippen LogP contribution in [-0.4, -0.2) is 30.2 Å². The van der Waals surface area contributed by atoms with Gasteiger partial charge in [-0.15, -0.1) is 11.8 Å². The summed E-state index contributed by atoms with van der Waals surface area (Å²) in [6, 6.07) is 6.91. The van der Waals surface area contributed by atoms with Crippen molar-refractivity contribution in [2.75, 3.05) is 19.0 Å². The van der Waals surface area contributed by atoms with Crippen molar-refractivity contribution in [2.24, 2.45) is 0 Å². The topological polar surface area (TPSA) is 70.8 Å². The first-order chi connectivity index (χ1) is 17.9. The van der Waals surface area contributed by atoms with Gasteiger partial charge in [-0.25, -0.2) is 0 Å². The summed E-state index contributed by atoms with van der Waals surface area (Å²) < 4.78 is 61.0. The molecule has 0 spiro atoms. The van der Waals surface area contributed by atoms with Gasteiger partial charge in [0, 0.05) is 29.2 Å². The number of pyridine rings is 1. The summed E-state index contributed by atoms with van der Waals surface area (Å²) in [5.74, 6) is 1.47. The minimum Gasteiger partial charge on any atom is -0.487 e. The van der Waals surface area contributed by atoms with E-state index in [1.807, 2.05) is 6.07 Å². The van der Waals surface area contributed by atoms with Crippen LogP contribution in [0.3, 0.4) is 0 Å². The number of unbranched alkanes of at least 4 members (excludes halogenated alkanes) is 3. The second-order valence-electron chi connectivity index (χ2n) is 8.83. The number of rotatable bonds is 12. The Bertz CT molecular complexity index is 1210. The molecule has 200 valence electrons. The standard InChI is InChI=1S/C27H30F3NO5S/c28-27(29,30)19-8-9-21-22(15-19)31-11-10-25(21)37-14-6-2-1-4-12-33-24-18-35-20(16-23(24)32)17-36-26-7-3-5-13-34-26/h8-11,15-16,18,26H,1-7,12-14,17H2. The smallest absolute Gasteiger partial charge is 0.416 e. The molecule has 1 atom stereocenters. The second-order valence-corrected chi connectivity index (χ2v) is 9.97. The lowest BCUT2D eigenvalue weighted by molar-refractivity contribution is -0.171. The van der Waals surface area contributed by atoms with E-state index in [9.17, 15) is 18.0 Å². The Morgan fingerprint density at radius 1 is 1.08 bits per heavy atom. The molecule has 1 aliphatic rings. The number of halogens is 3. The lowest BCUT2D eigenvalue weighted by Gasteiger charge is -2.22. The van der Waals surface area contributed by atoms with Crippen LogP contribution in [0.1, 0.15) is 56.3 Å². The quantitative estimate of drug-likeness (QED) is 0.182. The molecule has 0 aliphatic carbocycles. The van der Waals surface area contributed by atoms with E-state index >= 15 is 0 Å². The van der Waals surface area contributed by atoms with Gasteiger partial charge in [0.25, 0.3) is 0 Å². The molecule has 0 N–H and O–H groups in total. The van der Waals surface area contributed by atoms with Gasteiger partial charge >= 0.3 is 6.18 Å². The van der Waals surface area contributed by atoms with Crippen LogP contribution in [0.15, 0.2) is 56.9 Å². The van der Waals surface area contributed by atoms with Crippen LogP contribution in [0.4, 0.5) is 13.2 Å². The average Bonchev–Trinajstić information content (AvgIpc) is 2.89. The Kier molecular flexibility index (Phi) is 9.88. The van der Waals surface area contributed by atoms with Crippen LogP contribution in [-0.2, 0) is 22.3 Å². The maximum absolute atomic E-state index is 12.9. The first-order valence-electron chi connectivity index (χ1n) is 12.5. The Hall–Kier alpha value is -2.56. The molecule has 4 rings (SSSR count). The number of ether oxygens (including phenoxy) is 3. The molecule has 2 aromatic heterocycles. The monoisotopic (exact) mass is 537 g/mol. The molecular weight excluding hydrogens is 507 g/mol. The van der Waals surface area contributed by atoms with Gasteiger partial charge in [-0.2, -0.15) is 13.2 Å². The van der Waals surface area contributed by atoms with E-state index in [2.05, 4.69) is 4.98 Å². The average molecular weight is 538 g/mol. The predicted molar refractivity (Wildman–Crippen MR) is 135 cm³/mol. The van der Waals surface area contributed by atoms with Gasteiger partial charge < -0.3 is 18.6 Å². The molecule has 10 heteroatoms. The van der Waals surface area contributed by atoms with Crippen molar-refractivity contribution in [1.82, 2.24) is 4.98 Å². The third-order valence-electron chi connectivity index (χ3n) is 5.99. The normalized spacial score (nSPS) is 16.2. The zero-order chi connectivity index (χ0) is 26.1. The van der Waals surface area contributed by atoms with Crippen molar-refractivity contribution in [3.05, 3.63) is 64.3 Å². The fraction of sp³-hybridized carbons (Fsp3) is 0.481.